The number of aliphatic hydroxyl groups is 1. The maximum atomic E-state index is 9.59. The summed E-state index contributed by atoms with van der Waals surface area (Å²) < 4.78 is 5.51. The van der Waals surface area contributed by atoms with Crippen LogP contribution < -0.4 is 4.90 Å². The molecule has 3 nitrogen and oxygen atoms in total. The van der Waals surface area contributed by atoms with Gasteiger partial charge in [-0.15, -0.1) is 0 Å². The Bertz CT molecular complexity index is 432. The Morgan fingerprint density at radius 3 is 2.72 bits per heavy atom. The zero-order valence-electron chi connectivity index (χ0n) is 11.1. The van der Waals surface area contributed by atoms with E-state index in [0.29, 0.717) is 11.6 Å². The van der Waals surface area contributed by atoms with Crippen molar-refractivity contribution in [2.45, 2.75) is 32.4 Å². The lowest BCUT2D eigenvalue weighted by Gasteiger charge is -2.44. The summed E-state index contributed by atoms with van der Waals surface area (Å²) in [6, 6.07) is 5.84. The summed E-state index contributed by atoms with van der Waals surface area (Å²) in [6.07, 6.45) is -0.538. The Balaban J connectivity index is 2.31. The van der Waals surface area contributed by atoms with Crippen LogP contribution in [0.25, 0.3) is 0 Å². The number of hydrogen-bond acceptors (Lipinski definition) is 3. The highest BCUT2D eigenvalue weighted by Crippen LogP contribution is 2.32. The van der Waals surface area contributed by atoms with Crippen LogP contribution >= 0.6 is 11.6 Å². The number of ether oxygens (including phenoxy) is 1. The van der Waals surface area contributed by atoms with Crippen molar-refractivity contribution in [2.75, 3.05) is 24.7 Å². The Morgan fingerprint density at radius 2 is 2.17 bits per heavy atom. The first-order valence-corrected chi connectivity index (χ1v) is 6.62. The van der Waals surface area contributed by atoms with E-state index in [1.165, 1.54) is 0 Å². The normalized spacial score (nSPS) is 20.8. The fourth-order valence-electron chi connectivity index (χ4n) is 2.36. The van der Waals surface area contributed by atoms with Gasteiger partial charge < -0.3 is 14.7 Å². The van der Waals surface area contributed by atoms with Crippen molar-refractivity contribution in [1.82, 2.24) is 0 Å². The van der Waals surface area contributed by atoms with Crippen LogP contribution in [0.4, 0.5) is 5.69 Å². The minimum atomic E-state index is -0.538. The Hall–Kier alpha value is -0.770. The minimum Gasteiger partial charge on any atom is -0.389 e. The first kappa shape index (κ1) is 13.7. The lowest BCUT2D eigenvalue weighted by atomic mass is 10.0. The molecule has 18 heavy (non-hydrogen) atoms. The Labute approximate surface area is 113 Å². The van der Waals surface area contributed by atoms with Crippen LogP contribution in [0, 0.1) is 0 Å². The van der Waals surface area contributed by atoms with Gasteiger partial charge in [-0.1, -0.05) is 17.7 Å². The monoisotopic (exact) mass is 269 g/mol. The number of aliphatic hydroxyl groups excluding tert-OH is 1. The lowest BCUT2D eigenvalue weighted by molar-refractivity contribution is 0.0644. The molecule has 0 bridgehead atoms. The van der Waals surface area contributed by atoms with Crippen molar-refractivity contribution in [3.05, 3.63) is 28.8 Å². The second kappa shape index (κ2) is 5.08. The maximum Gasteiger partial charge on any atom is 0.0776 e. The third kappa shape index (κ3) is 2.63. The van der Waals surface area contributed by atoms with Crippen LogP contribution in [-0.4, -0.2) is 30.4 Å². The molecule has 1 fully saturated rings. The molecule has 1 aliphatic heterocycles. The van der Waals surface area contributed by atoms with Gasteiger partial charge in [0.15, 0.2) is 0 Å². The van der Waals surface area contributed by atoms with Gasteiger partial charge in [-0.25, -0.2) is 0 Å². The van der Waals surface area contributed by atoms with Gasteiger partial charge in [-0.05, 0) is 38.5 Å². The van der Waals surface area contributed by atoms with Crippen LogP contribution in [0.5, 0.6) is 0 Å². The fraction of sp³-hybridized carbons (Fsp3) is 0.571. The highest BCUT2D eigenvalue weighted by molar-refractivity contribution is 6.31. The van der Waals surface area contributed by atoms with Crippen molar-refractivity contribution in [3.8, 4) is 0 Å². The first-order valence-electron chi connectivity index (χ1n) is 6.25. The number of morpholine rings is 1. The summed E-state index contributed by atoms with van der Waals surface area (Å²) in [5.74, 6) is 0. The van der Waals surface area contributed by atoms with Crippen molar-refractivity contribution in [3.63, 3.8) is 0 Å². The van der Waals surface area contributed by atoms with Gasteiger partial charge in [-0.3, -0.25) is 0 Å². The van der Waals surface area contributed by atoms with E-state index < -0.39 is 6.10 Å². The van der Waals surface area contributed by atoms with Gasteiger partial charge in [0, 0.05) is 17.3 Å². The molecule has 1 atom stereocenters. The zero-order valence-corrected chi connectivity index (χ0v) is 11.9. The summed E-state index contributed by atoms with van der Waals surface area (Å²) in [4.78, 5) is 2.30. The maximum absolute atomic E-state index is 9.59. The summed E-state index contributed by atoms with van der Waals surface area (Å²) in [5.41, 5.74) is 1.82. The SMILES string of the molecule is CC(O)c1ccc(N2CCOCC2(C)C)cc1Cl. The number of rotatable bonds is 2. The van der Waals surface area contributed by atoms with Gasteiger partial charge in [-0.2, -0.15) is 0 Å². The molecule has 1 unspecified atom stereocenters. The molecule has 0 spiro atoms. The summed E-state index contributed by atoms with van der Waals surface area (Å²) >= 11 is 6.22. The smallest absolute Gasteiger partial charge is 0.0776 e. The first-order chi connectivity index (χ1) is 8.42. The van der Waals surface area contributed by atoms with E-state index >= 15 is 0 Å². The molecule has 0 amide bonds. The molecule has 0 radical (unpaired) electrons. The van der Waals surface area contributed by atoms with E-state index in [1.54, 1.807) is 6.92 Å². The van der Waals surface area contributed by atoms with Crippen molar-refractivity contribution >= 4 is 17.3 Å². The number of benzene rings is 1. The van der Waals surface area contributed by atoms with E-state index in [0.717, 1.165) is 24.4 Å². The highest BCUT2D eigenvalue weighted by atomic mass is 35.5. The van der Waals surface area contributed by atoms with Crippen LogP contribution in [0.3, 0.4) is 0 Å². The quantitative estimate of drug-likeness (QED) is 0.896. The molecule has 0 saturated carbocycles. The van der Waals surface area contributed by atoms with Crippen molar-refractivity contribution in [1.29, 1.82) is 0 Å². The second-order valence-corrected chi connectivity index (χ2v) is 5.81. The molecule has 0 aliphatic carbocycles. The van der Waals surface area contributed by atoms with Crippen molar-refractivity contribution in [2.24, 2.45) is 0 Å². The number of nitrogens with zero attached hydrogens (tertiary/aromatic N) is 1. The molecular weight excluding hydrogens is 250 g/mol. The average molecular weight is 270 g/mol. The van der Waals surface area contributed by atoms with Crippen LogP contribution in [0.15, 0.2) is 18.2 Å². The molecule has 1 heterocycles. The zero-order chi connectivity index (χ0) is 13.3. The summed E-state index contributed by atoms with van der Waals surface area (Å²) in [6.45, 7) is 8.34. The molecule has 100 valence electrons. The summed E-state index contributed by atoms with van der Waals surface area (Å²) in [7, 11) is 0. The van der Waals surface area contributed by atoms with Crippen LogP contribution in [-0.2, 0) is 4.74 Å². The third-order valence-corrected chi connectivity index (χ3v) is 3.72. The largest absolute Gasteiger partial charge is 0.389 e. The Morgan fingerprint density at radius 1 is 1.44 bits per heavy atom. The third-order valence-electron chi connectivity index (χ3n) is 3.39. The predicted molar refractivity (Wildman–Crippen MR) is 74.3 cm³/mol. The highest BCUT2D eigenvalue weighted by Gasteiger charge is 2.30. The number of halogens is 1. The molecule has 1 aliphatic rings. The second-order valence-electron chi connectivity index (χ2n) is 5.40. The van der Waals surface area contributed by atoms with Gasteiger partial charge in [0.1, 0.15) is 0 Å². The van der Waals surface area contributed by atoms with E-state index in [-0.39, 0.29) is 5.54 Å². The molecule has 1 saturated heterocycles. The molecule has 4 heteroatoms. The molecule has 1 N–H and O–H groups in total. The van der Waals surface area contributed by atoms with Gasteiger partial charge >= 0.3 is 0 Å². The van der Waals surface area contributed by atoms with Gasteiger partial charge in [0.2, 0.25) is 0 Å². The van der Waals surface area contributed by atoms with Gasteiger partial charge in [0.25, 0.3) is 0 Å². The lowest BCUT2D eigenvalue weighted by Crippen LogP contribution is -2.53. The molecule has 2 rings (SSSR count). The molecule has 0 aromatic heterocycles. The number of hydrogen-bond donors (Lipinski definition) is 1. The van der Waals surface area contributed by atoms with E-state index in [1.807, 2.05) is 18.2 Å². The number of anilines is 1. The topological polar surface area (TPSA) is 32.7 Å². The van der Waals surface area contributed by atoms with E-state index in [4.69, 9.17) is 16.3 Å². The molecular formula is C14H20ClNO2. The van der Waals surface area contributed by atoms with Gasteiger partial charge in [0.05, 0.1) is 24.9 Å². The minimum absolute atomic E-state index is 0.0338. The van der Waals surface area contributed by atoms with E-state index in [2.05, 4.69) is 18.7 Å². The fourth-order valence-corrected chi connectivity index (χ4v) is 2.69. The van der Waals surface area contributed by atoms with Crippen molar-refractivity contribution < 1.29 is 9.84 Å². The molecule has 1 aromatic rings. The molecule has 1 aromatic carbocycles. The average Bonchev–Trinajstić information content (AvgIpc) is 2.27. The van der Waals surface area contributed by atoms with Crippen LogP contribution in [0.2, 0.25) is 5.02 Å². The Kier molecular flexibility index (Phi) is 3.85. The standard InChI is InChI=1S/C14H20ClNO2/c1-10(17)12-5-4-11(8-13(12)15)16-6-7-18-9-14(16,2)3/h4-5,8,10,17H,6-7,9H2,1-3H3. The summed E-state index contributed by atoms with van der Waals surface area (Å²) in [5, 5.41) is 10.2. The van der Waals surface area contributed by atoms with E-state index in [9.17, 15) is 5.11 Å². The van der Waals surface area contributed by atoms with Crippen LogP contribution in [0.1, 0.15) is 32.4 Å². The predicted octanol–water partition coefficient (Wildman–Crippen LogP) is 3.01.